The summed E-state index contributed by atoms with van der Waals surface area (Å²) in [6.07, 6.45) is 8.33. The molecule has 1 aliphatic carbocycles. The van der Waals surface area contributed by atoms with Crippen LogP contribution in [0, 0.1) is 11.8 Å². The average molecular weight is 484 g/mol. The van der Waals surface area contributed by atoms with Crippen LogP contribution < -0.4 is 4.74 Å². The molecule has 0 aromatic heterocycles. The lowest BCUT2D eigenvalue weighted by Gasteiger charge is -2.57. The zero-order valence-electron chi connectivity index (χ0n) is 19.1. The molecule has 1 aliphatic heterocycles. The zero-order chi connectivity index (χ0) is 22.0. The summed E-state index contributed by atoms with van der Waals surface area (Å²) in [5.74, 6) is 2.17. The third-order valence-electron chi connectivity index (χ3n) is 7.20. The van der Waals surface area contributed by atoms with E-state index in [1.54, 1.807) is 7.11 Å². The molecule has 31 heavy (non-hydrogen) atoms. The monoisotopic (exact) mass is 483 g/mol. The first-order chi connectivity index (χ1) is 14.9. The van der Waals surface area contributed by atoms with Gasteiger partial charge in [0.2, 0.25) is 0 Å². The molecular weight excluding hydrogens is 450 g/mol. The van der Waals surface area contributed by atoms with Crippen LogP contribution in [0.5, 0.6) is 5.75 Å². The van der Waals surface area contributed by atoms with Gasteiger partial charge in [-0.25, -0.2) is 0 Å². The highest BCUT2D eigenvalue weighted by Gasteiger charge is 2.50. The van der Waals surface area contributed by atoms with Crippen LogP contribution >= 0.6 is 15.9 Å². The fraction of sp³-hybridized carbons (Fsp3) is 0.481. The number of para-hydroxylation sites is 1. The largest absolute Gasteiger partial charge is 0.496 e. The number of fused-ring (bicyclic) bond motifs is 1. The van der Waals surface area contributed by atoms with Gasteiger partial charge in [0.15, 0.2) is 0 Å². The molecule has 4 heteroatoms. The Balaban J connectivity index is 1.66. The molecule has 166 valence electrons. The molecule has 0 unspecified atom stereocenters. The lowest BCUT2D eigenvalue weighted by molar-refractivity contribution is -0.234. The summed E-state index contributed by atoms with van der Waals surface area (Å²) in [6.45, 7) is 7.99. The highest BCUT2D eigenvalue weighted by Crippen LogP contribution is 2.49. The van der Waals surface area contributed by atoms with Crippen LogP contribution in [0.2, 0.25) is 0 Å². The van der Waals surface area contributed by atoms with Gasteiger partial charge in [-0.15, -0.1) is 0 Å². The molecule has 3 nitrogen and oxygen atoms in total. The summed E-state index contributed by atoms with van der Waals surface area (Å²) in [7, 11) is 1.72. The first-order valence-electron chi connectivity index (χ1n) is 11.4. The van der Waals surface area contributed by atoms with Crippen molar-refractivity contribution in [3.05, 3.63) is 70.2 Å². The second-order valence-electron chi connectivity index (χ2n) is 9.52. The van der Waals surface area contributed by atoms with Gasteiger partial charge in [-0.05, 0) is 44.7 Å². The van der Waals surface area contributed by atoms with Crippen molar-refractivity contribution in [2.45, 2.75) is 57.9 Å². The van der Waals surface area contributed by atoms with Gasteiger partial charge >= 0.3 is 0 Å². The number of methoxy groups -OCH3 is 1. The van der Waals surface area contributed by atoms with Gasteiger partial charge in [-0.3, -0.25) is 4.90 Å². The van der Waals surface area contributed by atoms with Gasteiger partial charge in [0.1, 0.15) is 12.0 Å². The Bertz CT molecular complexity index is 925. The van der Waals surface area contributed by atoms with Crippen LogP contribution in [0.4, 0.5) is 0 Å². The molecular formula is C27H34BrNO2. The maximum atomic E-state index is 6.86. The van der Waals surface area contributed by atoms with Crippen LogP contribution in [-0.4, -0.2) is 30.2 Å². The minimum absolute atomic E-state index is 0.0358. The van der Waals surface area contributed by atoms with E-state index in [-0.39, 0.29) is 11.8 Å². The highest BCUT2D eigenvalue weighted by molar-refractivity contribution is 9.10. The number of hydrogen-bond donors (Lipinski definition) is 0. The molecule has 4 rings (SSSR count). The quantitative estimate of drug-likeness (QED) is 0.453. The number of ether oxygens (including phenoxy) is 2. The van der Waals surface area contributed by atoms with Crippen molar-refractivity contribution in [1.82, 2.24) is 4.90 Å². The Hall–Kier alpha value is -1.62. The molecule has 2 aliphatic rings. The summed E-state index contributed by atoms with van der Waals surface area (Å²) in [4.78, 5) is 2.54. The van der Waals surface area contributed by atoms with E-state index in [0.717, 1.165) is 34.7 Å². The number of benzene rings is 2. The molecule has 2 aromatic rings. The number of halogens is 1. The minimum Gasteiger partial charge on any atom is -0.496 e. The molecule has 0 spiro atoms. The van der Waals surface area contributed by atoms with Crippen molar-refractivity contribution in [3.8, 4) is 5.75 Å². The first-order valence-corrected chi connectivity index (χ1v) is 12.2. The van der Waals surface area contributed by atoms with E-state index in [1.807, 2.05) is 18.2 Å². The smallest absolute Gasteiger partial charge is 0.138 e. The summed E-state index contributed by atoms with van der Waals surface area (Å²) in [6, 6.07) is 16.6. The Morgan fingerprint density at radius 3 is 2.65 bits per heavy atom. The van der Waals surface area contributed by atoms with E-state index in [0.29, 0.717) is 12.0 Å². The van der Waals surface area contributed by atoms with E-state index in [2.05, 4.69) is 84.1 Å². The fourth-order valence-electron chi connectivity index (χ4n) is 5.39. The molecule has 0 N–H and O–H groups in total. The predicted octanol–water partition coefficient (Wildman–Crippen LogP) is 7.09. The average Bonchev–Trinajstić information content (AvgIpc) is 2.75. The van der Waals surface area contributed by atoms with Gasteiger partial charge in [-0.2, -0.15) is 0 Å². The van der Waals surface area contributed by atoms with E-state index >= 15 is 0 Å². The SMILES string of the molecule is COc1ccccc1/C=C/CN1[C@H](c2ccccc2Br)O[C@@H]2C[C@H](C)CC[C@H]2C1(C)C. The minimum atomic E-state index is -0.0700. The maximum absolute atomic E-state index is 6.86. The standard InChI is InChI=1S/C27H34BrNO2/c1-19-15-16-22-25(18-19)31-26(21-12-6-7-13-23(21)28)29(27(22,2)3)17-9-11-20-10-5-8-14-24(20)30-4/h5-14,19,22,25-26H,15-18H2,1-4H3/b11-9+/t19-,22-,25-,26+/m1/s1. The maximum Gasteiger partial charge on any atom is 0.138 e. The molecule has 1 saturated carbocycles. The van der Waals surface area contributed by atoms with E-state index in [1.165, 1.54) is 18.4 Å². The Morgan fingerprint density at radius 2 is 1.87 bits per heavy atom. The van der Waals surface area contributed by atoms with Gasteiger partial charge < -0.3 is 9.47 Å². The molecule has 1 heterocycles. The predicted molar refractivity (Wildman–Crippen MR) is 131 cm³/mol. The Morgan fingerprint density at radius 1 is 1.13 bits per heavy atom. The highest BCUT2D eigenvalue weighted by atomic mass is 79.9. The van der Waals surface area contributed by atoms with Gasteiger partial charge in [0.25, 0.3) is 0 Å². The summed E-state index contributed by atoms with van der Waals surface area (Å²) in [5, 5.41) is 0. The number of hydrogen-bond acceptors (Lipinski definition) is 3. The lowest BCUT2D eigenvalue weighted by atomic mass is 9.69. The zero-order valence-corrected chi connectivity index (χ0v) is 20.6. The molecule has 4 atom stereocenters. The molecule has 0 radical (unpaired) electrons. The third-order valence-corrected chi connectivity index (χ3v) is 7.92. The van der Waals surface area contributed by atoms with Crippen molar-refractivity contribution in [2.24, 2.45) is 11.8 Å². The molecule has 0 bridgehead atoms. The summed E-state index contributed by atoms with van der Waals surface area (Å²) in [5.41, 5.74) is 2.34. The third kappa shape index (κ3) is 4.62. The summed E-state index contributed by atoms with van der Waals surface area (Å²) < 4.78 is 13.5. The molecule has 1 saturated heterocycles. The molecule has 0 amide bonds. The van der Waals surface area contributed by atoms with Crippen molar-refractivity contribution in [1.29, 1.82) is 0 Å². The van der Waals surface area contributed by atoms with E-state index < -0.39 is 0 Å². The summed E-state index contributed by atoms with van der Waals surface area (Å²) >= 11 is 3.78. The van der Waals surface area contributed by atoms with Gasteiger partial charge in [0, 0.05) is 33.6 Å². The topological polar surface area (TPSA) is 21.7 Å². The molecule has 2 fully saturated rings. The first kappa shape index (κ1) is 22.6. The molecule has 2 aromatic carbocycles. The number of nitrogens with zero attached hydrogens (tertiary/aromatic N) is 1. The van der Waals surface area contributed by atoms with Crippen LogP contribution in [0.3, 0.4) is 0 Å². The van der Waals surface area contributed by atoms with Crippen LogP contribution in [0.15, 0.2) is 59.1 Å². The van der Waals surface area contributed by atoms with Crippen molar-refractivity contribution >= 4 is 22.0 Å². The van der Waals surface area contributed by atoms with E-state index in [9.17, 15) is 0 Å². The van der Waals surface area contributed by atoms with Crippen LogP contribution in [-0.2, 0) is 4.74 Å². The van der Waals surface area contributed by atoms with Crippen LogP contribution in [0.1, 0.15) is 57.4 Å². The van der Waals surface area contributed by atoms with Crippen molar-refractivity contribution in [3.63, 3.8) is 0 Å². The Labute approximate surface area is 195 Å². The number of rotatable bonds is 5. The van der Waals surface area contributed by atoms with Crippen LogP contribution in [0.25, 0.3) is 6.08 Å². The van der Waals surface area contributed by atoms with Crippen molar-refractivity contribution in [2.75, 3.05) is 13.7 Å². The lowest BCUT2D eigenvalue weighted by Crippen LogP contribution is -2.61. The van der Waals surface area contributed by atoms with Gasteiger partial charge in [-0.1, -0.05) is 77.8 Å². The van der Waals surface area contributed by atoms with Crippen molar-refractivity contribution < 1.29 is 9.47 Å². The Kier molecular flexibility index (Phi) is 6.90. The normalized spacial score (nSPS) is 28.4. The van der Waals surface area contributed by atoms with Gasteiger partial charge in [0.05, 0.1) is 13.2 Å². The second-order valence-corrected chi connectivity index (χ2v) is 10.4. The second kappa shape index (κ2) is 9.48. The van der Waals surface area contributed by atoms with E-state index in [4.69, 9.17) is 9.47 Å². The fourth-order valence-corrected chi connectivity index (χ4v) is 5.87.